The molecule has 2 rings (SSSR count). The van der Waals surface area contributed by atoms with Crippen LogP contribution in [0.2, 0.25) is 0 Å². The van der Waals surface area contributed by atoms with E-state index in [1.807, 2.05) is 45.9 Å². The smallest absolute Gasteiger partial charge is 0.252 e. The van der Waals surface area contributed by atoms with E-state index >= 15 is 0 Å². The molecule has 0 radical (unpaired) electrons. The first-order valence-electron chi connectivity index (χ1n) is 9.67. The van der Waals surface area contributed by atoms with Gasteiger partial charge in [-0.25, -0.2) is 0 Å². The molecule has 2 amide bonds. The van der Waals surface area contributed by atoms with Gasteiger partial charge in [-0.3, -0.25) is 9.59 Å². The Balaban J connectivity index is 1.89. The Labute approximate surface area is 156 Å². The van der Waals surface area contributed by atoms with Crippen molar-refractivity contribution in [1.82, 2.24) is 10.6 Å². The second kappa shape index (κ2) is 9.72. The van der Waals surface area contributed by atoms with Crippen LogP contribution in [0.1, 0.15) is 62.4 Å². The number of hydrogen-bond donors (Lipinski definition) is 2. The summed E-state index contributed by atoms with van der Waals surface area (Å²) in [5.74, 6) is -0.320. The third kappa shape index (κ3) is 5.84. The van der Waals surface area contributed by atoms with Crippen molar-refractivity contribution in [3.8, 4) is 0 Å². The number of carbonyl (C=O) groups excluding carboxylic acids is 2. The molecule has 0 aliphatic carbocycles. The van der Waals surface area contributed by atoms with Gasteiger partial charge in [0.1, 0.15) is 6.04 Å². The molecule has 1 aliphatic heterocycles. The average Bonchev–Trinajstić information content (AvgIpc) is 3.11. The van der Waals surface area contributed by atoms with Gasteiger partial charge in [-0.2, -0.15) is 0 Å². The van der Waals surface area contributed by atoms with Gasteiger partial charge in [0.05, 0.1) is 6.10 Å². The van der Waals surface area contributed by atoms with Gasteiger partial charge in [0.15, 0.2) is 0 Å². The van der Waals surface area contributed by atoms with Crippen LogP contribution in [-0.2, 0) is 9.53 Å². The van der Waals surface area contributed by atoms with E-state index in [4.69, 9.17) is 4.74 Å². The van der Waals surface area contributed by atoms with Crippen molar-refractivity contribution >= 4 is 11.8 Å². The summed E-state index contributed by atoms with van der Waals surface area (Å²) in [6.45, 7) is 8.64. The summed E-state index contributed by atoms with van der Waals surface area (Å²) in [5, 5.41) is 5.95. The van der Waals surface area contributed by atoms with E-state index in [9.17, 15) is 9.59 Å². The summed E-state index contributed by atoms with van der Waals surface area (Å²) in [4.78, 5) is 25.2. The van der Waals surface area contributed by atoms with Gasteiger partial charge in [0.2, 0.25) is 5.91 Å². The van der Waals surface area contributed by atoms with Crippen molar-refractivity contribution in [3.63, 3.8) is 0 Å². The van der Waals surface area contributed by atoms with Crippen molar-refractivity contribution < 1.29 is 14.3 Å². The highest BCUT2D eigenvalue weighted by Gasteiger charge is 2.26. The first kappa shape index (κ1) is 20.4. The van der Waals surface area contributed by atoms with Crippen LogP contribution in [0.5, 0.6) is 0 Å². The lowest BCUT2D eigenvalue weighted by molar-refractivity contribution is -0.124. The van der Waals surface area contributed by atoms with E-state index in [1.165, 1.54) is 0 Å². The highest BCUT2D eigenvalue weighted by molar-refractivity contribution is 5.98. The molecule has 5 heteroatoms. The van der Waals surface area contributed by atoms with Crippen molar-refractivity contribution in [2.45, 2.75) is 71.6 Å². The Kier molecular flexibility index (Phi) is 7.64. The third-order valence-corrected chi connectivity index (χ3v) is 4.96. The van der Waals surface area contributed by atoms with Crippen molar-refractivity contribution in [2.24, 2.45) is 5.92 Å². The molecule has 1 aromatic carbocycles. The molecule has 1 aromatic rings. The minimum atomic E-state index is -0.549. The monoisotopic (exact) mass is 360 g/mol. The van der Waals surface area contributed by atoms with Gasteiger partial charge >= 0.3 is 0 Å². The maximum Gasteiger partial charge on any atom is 0.252 e. The highest BCUT2D eigenvalue weighted by atomic mass is 16.5. The molecule has 3 atom stereocenters. The van der Waals surface area contributed by atoms with E-state index < -0.39 is 6.04 Å². The van der Waals surface area contributed by atoms with E-state index in [0.717, 1.165) is 37.9 Å². The Hall–Kier alpha value is -1.88. The first-order valence-corrected chi connectivity index (χ1v) is 9.67. The van der Waals surface area contributed by atoms with E-state index in [2.05, 4.69) is 10.6 Å². The summed E-state index contributed by atoms with van der Waals surface area (Å²) >= 11 is 0. The Morgan fingerprint density at radius 3 is 2.54 bits per heavy atom. The van der Waals surface area contributed by atoms with Gasteiger partial charge in [0.25, 0.3) is 5.91 Å². The van der Waals surface area contributed by atoms with Crippen molar-refractivity contribution in [1.29, 1.82) is 0 Å². The molecule has 5 nitrogen and oxygen atoms in total. The van der Waals surface area contributed by atoms with Crippen molar-refractivity contribution in [2.75, 3.05) is 6.61 Å². The van der Waals surface area contributed by atoms with Gasteiger partial charge in [0, 0.05) is 18.2 Å². The van der Waals surface area contributed by atoms with Crippen LogP contribution < -0.4 is 10.6 Å². The van der Waals surface area contributed by atoms with Crippen LogP contribution in [0, 0.1) is 12.8 Å². The second-order valence-electron chi connectivity index (χ2n) is 7.63. The number of benzene rings is 1. The third-order valence-electron chi connectivity index (χ3n) is 4.96. The molecule has 2 N–H and O–H groups in total. The fourth-order valence-corrected chi connectivity index (χ4v) is 3.29. The summed E-state index contributed by atoms with van der Waals surface area (Å²) in [7, 11) is 0. The molecule has 0 bridgehead atoms. The van der Waals surface area contributed by atoms with E-state index in [-0.39, 0.29) is 23.8 Å². The van der Waals surface area contributed by atoms with E-state index in [1.54, 1.807) is 6.07 Å². The number of carbonyl (C=O) groups is 2. The maximum absolute atomic E-state index is 12.7. The lowest BCUT2D eigenvalue weighted by Crippen LogP contribution is -2.51. The van der Waals surface area contributed by atoms with Crippen LogP contribution in [0.4, 0.5) is 0 Å². The zero-order valence-corrected chi connectivity index (χ0v) is 16.4. The molecule has 0 aromatic heterocycles. The Morgan fingerprint density at radius 2 is 1.92 bits per heavy atom. The number of rotatable bonds is 8. The zero-order valence-electron chi connectivity index (χ0n) is 16.4. The van der Waals surface area contributed by atoms with Gasteiger partial charge < -0.3 is 15.4 Å². The molecular formula is C21H32N2O3. The van der Waals surface area contributed by atoms with Crippen LogP contribution in [0.25, 0.3) is 0 Å². The van der Waals surface area contributed by atoms with Gasteiger partial charge in [-0.05, 0) is 57.1 Å². The molecule has 0 unspecified atom stereocenters. The van der Waals surface area contributed by atoms with Gasteiger partial charge in [-0.1, -0.05) is 32.0 Å². The van der Waals surface area contributed by atoms with Gasteiger partial charge in [-0.15, -0.1) is 0 Å². The fraction of sp³-hybridized carbons (Fsp3) is 0.619. The summed E-state index contributed by atoms with van der Waals surface area (Å²) < 4.78 is 5.64. The van der Waals surface area contributed by atoms with Crippen LogP contribution >= 0.6 is 0 Å². The average molecular weight is 360 g/mol. The molecule has 1 fully saturated rings. The molecule has 0 saturated carbocycles. The Bertz CT molecular complexity index is 609. The maximum atomic E-state index is 12.7. The molecule has 1 aliphatic rings. The summed E-state index contributed by atoms with van der Waals surface area (Å²) in [6.07, 6.45) is 4.42. The fourth-order valence-electron chi connectivity index (χ4n) is 3.29. The van der Waals surface area contributed by atoms with Crippen LogP contribution in [-0.4, -0.2) is 36.6 Å². The Morgan fingerprint density at radius 1 is 1.19 bits per heavy atom. The molecule has 0 spiro atoms. The second-order valence-corrected chi connectivity index (χ2v) is 7.63. The lowest BCUT2D eigenvalue weighted by atomic mass is 10.0. The standard InChI is InChI=1S/C21H32N2O3/c1-14(2)19(23-20(24)18-10-6-5-8-15(18)3)21(25)22-16(4)11-12-17-9-7-13-26-17/h5-6,8,10,14,16-17,19H,7,9,11-13H2,1-4H3,(H,22,25)(H,23,24)/t16-,17-,19-/m0/s1. The minimum Gasteiger partial charge on any atom is -0.378 e. The molecular weight excluding hydrogens is 328 g/mol. The molecule has 1 heterocycles. The lowest BCUT2D eigenvalue weighted by Gasteiger charge is -2.25. The normalized spacial score (nSPS) is 19.2. The first-order chi connectivity index (χ1) is 12.4. The number of amides is 2. The SMILES string of the molecule is Cc1ccccc1C(=O)N[C@H](C(=O)N[C@@H](C)CC[C@@H]1CCCO1)C(C)C. The predicted molar refractivity (Wildman–Crippen MR) is 103 cm³/mol. The topological polar surface area (TPSA) is 67.4 Å². The quantitative estimate of drug-likeness (QED) is 0.748. The molecule has 1 saturated heterocycles. The molecule has 144 valence electrons. The largest absolute Gasteiger partial charge is 0.378 e. The number of aryl methyl sites for hydroxylation is 1. The number of nitrogens with one attached hydrogen (secondary N) is 2. The minimum absolute atomic E-state index is 0.00772. The van der Waals surface area contributed by atoms with Crippen LogP contribution in [0.3, 0.4) is 0 Å². The number of hydrogen-bond acceptors (Lipinski definition) is 3. The highest BCUT2D eigenvalue weighted by Crippen LogP contribution is 2.18. The predicted octanol–water partition coefficient (Wildman–Crippen LogP) is 3.21. The summed E-state index contributed by atoms with van der Waals surface area (Å²) in [6, 6.07) is 6.92. The van der Waals surface area contributed by atoms with Crippen LogP contribution in [0.15, 0.2) is 24.3 Å². The summed E-state index contributed by atoms with van der Waals surface area (Å²) in [5.41, 5.74) is 1.51. The zero-order chi connectivity index (χ0) is 19.1. The van der Waals surface area contributed by atoms with E-state index in [0.29, 0.717) is 11.7 Å². The van der Waals surface area contributed by atoms with Crippen molar-refractivity contribution in [3.05, 3.63) is 35.4 Å². The number of ether oxygens (including phenoxy) is 1. The molecule has 26 heavy (non-hydrogen) atoms.